The number of nitrogens with zero attached hydrogens (tertiary/aromatic N) is 2. The number of thioether (sulfide) groups is 1. The molecule has 1 amide bonds. The average molecular weight is 421 g/mol. The second kappa shape index (κ2) is 8.88. The van der Waals surface area contributed by atoms with E-state index in [2.05, 4.69) is 11.9 Å². The smallest absolute Gasteiger partial charge is 0.338 e. The molecule has 6 heteroatoms. The van der Waals surface area contributed by atoms with E-state index < -0.39 is 12.0 Å². The van der Waals surface area contributed by atoms with Crippen LogP contribution in [0.3, 0.4) is 0 Å². The van der Waals surface area contributed by atoms with E-state index in [4.69, 9.17) is 4.74 Å². The molecule has 1 fully saturated rings. The molecule has 30 heavy (non-hydrogen) atoms. The zero-order valence-electron chi connectivity index (χ0n) is 17.1. The number of hydrogen-bond donors (Lipinski definition) is 0. The molecule has 4 rings (SSSR count). The van der Waals surface area contributed by atoms with E-state index >= 15 is 0 Å². The molecule has 5 nitrogen and oxygen atoms in total. The van der Waals surface area contributed by atoms with Crippen LogP contribution in [0.25, 0.3) is 0 Å². The van der Waals surface area contributed by atoms with Gasteiger partial charge >= 0.3 is 5.97 Å². The van der Waals surface area contributed by atoms with Crippen molar-refractivity contribution in [3.8, 4) is 0 Å². The first kappa shape index (κ1) is 20.4. The molecule has 0 spiro atoms. The monoisotopic (exact) mass is 420 g/mol. The fourth-order valence-electron chi connectivity index (χ4n) is 3.71. The second-order valence-corrected chi connectivity index (χ2v) is 8.38. The summed E-state index contributed by atoms with van der Waals surface area (Å²) in [5.74, 6) is 0.251. The van der Waals surface area contributed by atoms with Crippen LogP contribution >= 0.6 is 11.8 Å². The summed E-state index contributed by atoms with van der Waals surface area (Å²) in [6.07, 6.45) is 1.36. The Morgan fingerprint density at radius 2 is 1.87 bits per heavy atom. The summed E-state index contributed by atoms with van der Waals surface area (Å²) in [4.78, 5) is 32.3. The minimum absolute atomic E-state index is 0.0158. The minimum Gasteiger partial charge on any atom is -0.457 e. The average Bonchev–Trinajstić information content (AvgIpc) is 2.77. The fraction of sp³-hybridized carbons (Fsp3) is 0.292. The van der Waals surface area contributed by atoms with Gasteiger partial charge in [0.15, 0.2) is 5.17 Å². The van der Waals surface area contributed by atoms with E-state index in [0.29, 0.717) is 28.6 Å². The predicted molar refractivity (Wildman–Crippen MR) is 119 cm³/mol. The molecule has 0 unspecified atom stereocenters. The Kier molecular flexibility index (Phi) is 6.04. The van der Waals surface area contributed by atoms with Crippen molar-refractivity contribution in [1.29, 1.82) is 0 Å². The van der Waals surface area contributed by atoms with E-state index in [1.165, 1.54) is 5.56 Å². The molecule has 2 aromatic carbocycles. The van der Waals surface area contributed by atoms with Gasteiger partial charge in [-0.15, -0.1) is 0 Å². The highest BCUT2D eigenvalue weighted by Gasteiger charge is 2.41. The quantitative estimate of drug-likeness (QED) is 0.661. The van der Waals surface area contributed by atoms with Gasteiger partial charge in [0.1, 0.15) is 6.61 Å². The Morgan fingerprint density at radius 3 is 2.57 bits per heavy atom. The van der Waals surface area contributed by atoms with E-state index in [1.807, 2.05) is 61.5 Å². The van der Waals surface area contributed by atoms with Gasteiger partial charge in [-0.3, -0.25) is 9.69 Å². The van der Waals surface area contributed by atoms with E-state index in [0.717, 1.165) is 17.5 Å². The van der Waals surface area contributed by atoms with Crippen LogP contribution in [-0.4, -0.2) is 27.7 Å². The van der Waals surface area contributed by atoms with Crippen molar-refractivity contribution in [1.82, 2.24) is 4.90 Å². The topological polar surface area (TPSA) is 59.0 Å². The molecule has 0 aromatic heterocycles. The second-order valence-electron chi connectivity index (χ2n) is 7.32. The number of hydrogen-bond acceptors (Lipinski definition) is 5. The number of carbonyl (C=O) groups is 2. The maximum Gasteiger partial charge on any atom is 0.338 e. The number of amidine groups is 1. The lowest BCUT2D eigenvalue weighted by Gasteiger charge is -2.39. The lowest BCUT2D eigenvalue weighted by atomic mass is 9.93. The molecular formula is C24H24N2O3S. The number of aryl methyl sites for hydroxylation is 1. The van der Waals surface area contributed by atoms with Crippen LogP contribution in [0.1, 0.15) is 43.0 Å². The van der Waals surface area contributed by atoms with Crippen LogP contribution in [0.2, 0.25) is 0 Å². The summed E-state index contributed by atoms with van der Waals surface area (Å²) in [6.45, 7) is 4.09. The van der Waals surface area contributed by atoms with Gasteiger partial charge in [0.25, 0.3) is 0 Å². The van der Waals surface area contributed by atoms with Gasteiger partial charge in [-0.25, -0.2) is 9.79 Å². The number of fused-ring (bicyclic) bond motifs is 1. The third-order valence-corrected chi connectivity index (χ3v) is 6.30. The Morgan fingerprint density at radius 1 is 1.13 bits per heavy atom. The normalized spacial score (nSPS) is 18.7. The van der Waals surface area contributed by atoms with Crippen LogP contribution in [0.5, 0.6) is 0 Å². The van der Waals surface area contributed by atoms with Crippen molar-refractivity contribution in [2.45, 2.75) is 39.3 Å². The van der Waals surface area contributed by atoms with Crippen LogP contribution in [-0.2, 0) is 27.4 Å². The number of ether oxygens (including phenoxy) is 1. The van der Waals surface area contributed by atoms with E-state index in [-0.39, 0.29) is 12.5 Å². The maximum atomic E-state index is 13.2. The standard InChI is InChI=1S/C24H24N2O3S/c1-3-17-9-11-19(12-10-17)22-21(23(28)29-15-18-7-5-4-6-8-18)16(2)25-24-26(22)20(27)13-14-30-24/h4-12,22H,3,13-15H2,1-2H3/t22-/m1/s1. The van der Waals surface area contributed by atoms with Crippen LogP contribution in [0, 0.1) is 0 Å². The molecule has 2 aliphatic heterocycles. The minimum atomic E-state index is -0.521. The number of esters is 1. The van der Waals surface area contributed by atoms with Gasteiger partial charge in [-0.05, 0) is 30.0 Å². The maximum absolute atomic E-state index is 13.2. The molecular weight excluding hydrogens is 396 g/mol. The molecule has 1 saturated heterocycles. The third kappa shape index (κ3) is 4.05. The highest BCUT2D eigenvalue weighted by molar-refractivity contribution is 8.14. The molecule has 0 radical (unpaired) electrons. The summed E-state index contributed by atoms with van der Waals surface area (Å²) < 4.78 is 5.64. The van der Waals surface area contributed by atoms with Gasteiger partial charge < -0.3 is 4.74 Å². The summed E-state index contributed by atoms with van der Waals surface area (Å²) >= 11 is 1.55. The molecule has 2 aliphatic rings. The Hall–Kier alpha value is -2.86. The van der Waals surface area contributed by atoms with Crippen molar-refractivity contribution in [3.05, 3.63) is 82.6 Å². The summed E-state index contributed by atoms with van der Waals surface area (Å²) in [7, 11) is 0. The first-order valence-electron chi connectivity index (χ1n) is 10.1. The van der Waals surface area contributed by atoms with E-state index in [9.17, 15) is 9.59 Å². The number of allylic oxidation sites excluding steroid dienone is 1. The first-order valence-corrected chi connectivity index (χ1v) is 11.1. The molecule has 0 aliphatic carbocycles. The zero-order chi connectivity index (χ0) is 21.1. The van der Waals surface area contributed by atoms with Gasteiger partial charge in [0.2, 0.25) is 5.91 Å². The van der Waals surface area contributed by atoms with Crippen molar-refractivity contribution in [2.75, 3.05) is 5.75 Å². The SMILES string of the molecule is CCc1ccc([C@@H]2C(C(=O)OCc3ccccc3)=C(C)N=C3SCCC(=O)N32)cc1. The van der Waals surface area contributed by atoms with Crippen molar-refractivity contribution in [3.63, 3.8) is 0 Å². The molecule has 1 atom stereocenters. The number of carbonyl (C=O) groups excluding carboxylic acids is 2. The van der Waals surface area contributed by atoms with Gasteiger partial charge in [-0.1, -0.05) is 73.3 Å². The summed E-state index contributed by atoms with van der Waals surface area (Å²) in [5.41, 5.74) is 4.04. The summed E-state index contributed by atoms with van der Waals surface area (Å²) in [6, 6.07) is 17.1. The Bertz CT molecular complexity index is 1010. The lowest BCUT2D eigenvalue weighted by molar-refractivity contribution is -0.141. The molecule has 0 bridgehead atoms. The highest BCUT2D eigenvalue weighted by Crippen LogP contribution is 2.40. The van der Waals surface area contributed by atoms with Crippen molar-refractivity contribution in [2.24, 2.45) is 4.99 Å². The third-order valence-electron chi connectivity index (χ3n) is 5.34. The van der Waals surface area contributed by atoms with Crippen molar-refractivity contribution >= 4 is 28.8 Å². The highest BCUT2D eigenvalue weighted by atomic mass is 32.2. The lowest BCUT2D eigenvalue weighted by Crippen LogP contribution is -2.45. The van der Waals surface area contributed by atoms with Crippen LogP contribution in [0.15, 0.2) is 70.9 Å². The zero-order valence-corrected chi connectivity index (χ0v) is 17.9. The van der Waals surface area contributed by atoms with Crippen LogP contribution < -0.4 is 0 Å². The molecule has 2 heterocycles. The Labute approximate surface area is 180 Å². The van der Waals surface area contributed by atoms with Gasteiger partial charge in [0.05, 0.1) is 17.3 Å². The van der Waals surface area contributed by atoms with Gasteiger partial charge in [-0.2, -0.15) is 0 Å². The van der Waals surface area contributed by atoms with Crippen molar-refractivity contribution < 1.29 is 14.3 Å². The number of amides is 1. The first-order chi connectivity index (χ1) is 14.6. The Balaban J connectivity index is 1.70. The molecule has 154 valence electrons. The van der Waals surface area contributed by atoms with Gasteiger partial charge in [0, 0.05) is 12.2 Å². The van der Waals surface area contributed by atoms with E-state index in [1.54, 1.807) is 16.7 Å². The number of aliphatic imine (C=N–C) groups is 1. The number of rotatable bonds is 5. The fourth-order valence-corrected chi connectivity index (χ4v) is 4.72. The number of benzene rings is 2. The predicted octanol–water partition coefficient (Wildman–Crippen LogP) is 4.64. The molecule has 0 saturated carbocycles. The largest absolute Gasteiger partial charge is 0.457 e. The summed E-state index contributed by atoms with van der Waals surface area (Å²) in [5, 5.41) is 0.660. The molecule has 0 N–H and O–H groups in total. The van der Waals surface area contributed by atoms with Crippen LogP contribution in [0.4, 0.5) is 0 Å². The molecule has 2 aromatic rings.